The number of unbranched alkanes of at least 4 members (excludes halogenated alkanes) is 4. The summed E-state index contributed by atoms with van der Waals surface area (Å²) < 4.78 is 20.3. The van der Waals surface area contributed by atoms with Gasteiger partial charge in [0.1, 0.15) is 11.1 Å². The SMILES string of the molecule is CCCCCC1CCC(CCCCc2ccc(-c3ccc(-c4c(OC(=O)[C@H](F)CCCC)c(N(C)C)cc(C(=O)O)c4[N+](=O)[O-])cc3)cc2)CC1. The Labute approximate surface area is 302 Å². The minimum atomic E-state index is -1.93. The lowest BCUT2D eigenvalue weighted by Crippen LogP contribution is -2.24. The maximum atomic E-state index is 14.8. The lowest BCUT2D eigenvalue weighted by atomic mass is 9.78. The number of carboxylic acids is 1. The first-order valence-corrected chi connectivity index (χ1v) is 18.8. The molecule has 1 saturated carbocycles. The zero-order valence-corrected chi connectivity index (χ0v) is 30.8. The lowest BCUT2D eigenvalue weighted by molar-refractivity contribution is -0.384. The number of carboxylic acid groups (broad SMARTS) is 1. The Morgan fingerprint density at radius 2 is 1.39 bits per heavy atom. The molecule has 0 unspecified atom stereocenters. The maximum absolute atomic E-state index is 14.8. The monoisotopic (exact) mass is 702 g/mol. The van der Waals surface area contributed by atoms with Crippen LogP contribution in [0.4, 0.5) is 15.8 Å². The summed E-state index contributed by atoms with van der Waals surface area (Å²) in [5.41, 5.74) is 2.00. The second kappa shape index (κ2) is 19.4. The number of anilines is 1. The van der Waals surface area contributed by atoms with Crippen molar-refractivity contribution in [2.24, 2.45) is 11.8 Å². The fourth-order valence-electron chi connectivity index (χ4n) is 7.31. The second-order valence-corrected chi connectivity index (χ2v) is 14.4. The summed E-state index contributed by atoms with van der Waals surface area (Å²) in [6.45, 7) is 4.14. The van der Waals surface area contributed by atoms with Gasteiger partial charge in [-0.15, -0.1) is 0 Å². The summed E-state index contributed by atoms with van der Waals surface area (Å²) in [5, 5.41) is 22.3. The van der Waals surface area contributed by atoms with Crippen LogP contribution < -0.4 is 9.64 Å². The van der Waals surface area contributed by atoms with Gasteiger partial charge in [-0.2, -0.15) is 0 Å². The van der Waals surface area contributed by atoms with Gasteiger partial charge in [0.05, 0.1) is 10.6 Å². The van der Waals surface area contributed by atoms with Gasteiger partial charge >= 0.3 is 11.9 Å². The summed E-state index contributed by atoms with van der Waals surface area (Å²) in [6, 6.07) is 16.3. The number of nitrogens with zero attached hydrogens (tertiary/aromatic N) is 2. The fourth-order valence-corrected chi connectivity index (χ4v) is 7.31. The van der Waals surface area contributed by atoms with Gasteiger partial charge in [-0.25, -0.2) is 14.0 Å². The molecule has 4 rings (SSSR count). The van der Waals surface area contributed by atoms with E-state index >= 15 is 0 Å². The fraction of sp³-hybridized carbons (Fsp3) is 0.524. The molecule has 0 bridgehead atoms. The number of aryl methyl sites for hydroxylation is 1. The Morgan fingerprint density at radius 1 is 0.863 bits per heavy atom. The number of carbonyl (C=O) groups is 2. The lowest BCUT2D eigenvalue weighted by Gasteiger charge is -2.28. The number of hydrogen-bond acceptors (Lipinski definition) is 6. The molecule has 0 amide bonds. The summed E-state index contributed by atoms with van der Waals surface area (Å²) >= 11 is 0. The molecule has 1 N–H and O–H groups in total. The zero-order valence-electron chi connectivity index (χ0n) is 30.8. The number of rotatable bonds is 19. The molecule has 3 aromatic rings. The van der Waals surface area contributed by atoms with Crippen molar-refractivity contribution in [2.75, 3.05) is 19.0 Å². The summed E-state index contributed by atoms with van der Waals surface area (Å²) in [4.78, 5) is 38.1. The third-order valence-electron chi connectivity index (χ3n) is 10.4. The van der Waals surface area contributed by atoms with Crippen LogP contribution in [0, 0.1) is 22.0 Å². The average Bonchev–Trinajstić information content (AvgIpc) is 3.12. The van der Waals surface area contributed by atoms with Gasteiger partial charge in [-0.3, -0.25) is 10.1 Å². The van der Waals surface area contributed by atoms with Crippen molar-refractivity contribution in [3.63, 3.8) is 0 Å². The van der Waals surface area contributed by atoms with Crippen molar-refractivity contribution in [3.8, 4) is 28.0 Å². The molecule has 0 aliphatic heterocycles. The van der Waals surface area contributed by atoms with Crippen LogP contribution in [-0.2, 0) is 11.2 Å². The molecule has 276 valence electrons. The van der Waals surface area contributed by atoms with Crippen LogP contribution in [0.2, 0.25) is 0 Å². The number of hydrogen-bond donors (Lipinski definition) is 1. The van der Waals surface area contributed by atoms with Gasteiger partial charge < -0.3 is 14.7 Å². The van der Waals surface area contributed by atoms with Crippen LogP contribution in [0.1, 0.15) is 120 Å². The van der Waals surface area contributed by atoms with Gasteiger partial charge in [0, 0.05) is 14.1 Å². The molecule has 0 radical (unpaired) electrons. The molecule has 1 atom stereocenters. The number of esters is 1. The first-order valence-electron chi connectivity index (χ1n) is 18.8. The van der Waals surface area contributed by atoms with Crippen LogP contribution in [0.5, 0.6) is 5.75 Å². The number of ether oxygens (including phenoxy) is 1. The van der Waals surface area contributed by atoms with Crippen molar-refractivity contribution in [1.29, 1.82) is 0 Å². The zero-order chi connectivity index (χ0) is 36.9. The molecule has 0 heterocycles. The van der Waals surface area contributed by atoms with E-state index in [1.54, 1.807) is 38.4 Å². The summed E-state index contributed by atoms with van der Waals surface area (Å²) in [5.74, 6) is -1.11. The van der Waals surface area contributed by atoms with Gasteiger partial charge in [-0.05, 0) is 59.4 Å². The van der Waals surface area contributed by atoms with E-state index in [0.717, 1.165) is 35.4 Å². The molecule has 0 spiro atoms. The van der Waals surface area contributed by atoms with Crippen molar-refractivity contribution in [3.05, 3.63) is 75.8 Å². The Kier molecular flexibility index (Phi) is 15.0. The highest BCUT2D eigenvalue weighted by molar-refractivity contribution is 6.02. The summed E-state index contributed by atoms with van der Waals surface area (Å²) in [6.07, 6.45) is 15.0. The van der Waals surface area contributed by atoms with E-state index in [2.05, 4.69) is 31.2 Å². The van der Waals surface area contributed by atoms with Crippen molar-refractivity contribution < 1.29 is 28.7 Å². The third kappa shape index (κ3) is 10.9. The third-order valence-corrected chi connectivity index (χ3v) is 10.4. The van der Waals surface area contributed by atoms with E-state index in [0.29, 0.717) is 12.8 Å². The number of nitro benzene ring substituents is 1. The average molecular weight is 703 g/mol. The Bertz CT molecular complexity index is 1600. The van der Waals surface area contributed by atoms with Crippen LogP contribution >= 0.6 is 0 Å². The molecule has 1 fully saturated rings. The molecule has 1 aliphatic rings. The highest BCUT2D eigenvalue weighted by Gasteiger charge is 2.34. The van der Waals surface area contributed by atoms with Crippen molar-refractivity contribution in [1.82, 2.24) is 0 Å². The molecule has 3 aromatic carbocycles. The van der Waals surface area contributed by atoms with E-state index in [4.69, 9.17) is 4.74 Å². The molecule has 9 heteroatoms. The first kappa shape index (κ1) is 39.5. The van der Waals surface area contributed by atoms with E-state index in [1.165, 1.54) is 81.1 Å². The number of nitro groups is 1. The molecule has 0 saturated heterocycles. The molecular formula is C42H55FN2O6. The summed E-state index contributed by atoms with van der Waals surface area (Å²) in [7, 11) is 3.18. The molecule has 8 nitrogen and oxygen atoms in total. The van der Waals surface area contributed by atoms with Crippen LogP contribution in [-0.4, -0.2) is 42.2 Å². The van der Waals surface area contributed by atoms with Crippen LogP contribution in [0.3, 0.4) is 0 Å². The minimum Gasteiger partial charge on any atom is -0.477 e. The Morgan fingerprint density at radius 3 is 1.90 bits per heavy atom. The van der Waals surface area contributed by atoms with Crippen molar-refractivity contribution >= 4 is 23.3 Å². The van der Waals surface area contributed by atoms with Gasteiger partial charge in [-0.1, -0.05) is 139 Å². The Balaban J connectivity index is 1.48. The highest BCUT2D eigenvalue weighted by Crippen LogP contribution is 2.47. The van der Waals surface area contributed by atoms with Gasteiger partial charge in [0.2, 0.25) is 0 Å². The minimum absolute atomic E-state index is 0.0507. The molecule has 51 heavy (non-hydrogen) atoms. The molecule has 0 aromatic heterocycles. The van der Waals surface area contributed by atoms with Crippen LogP contribution in [0.15, 0.2) is 54.6 Å². The van der Waals surface area contributed by atoms with E-state index in [-0.39, 0.29) is 29.0 Å². The number of alkyl halides is 1. The standard InChI is InChI=1S/C42H55FN2O6/c1-5-7-9-12-29-16-18-30(19-17-29)13-10-11-14-31-20-22-32(23-21-31)33-24-26-34(27-25-33)38-39(45(49)50)35(41(46)47)28-37(44(3)4)40(38)51-42(48)36(43)15-8-6-2/h20-30,36H,5-19H2,1-4H3,(H,46,47)/t29?,30?,36-/m1/s1. The Hall–Kier alpha value is -4.27. The number of halogens is 1. The predicted molar refractivity (Wildman–Crippen MR) is 202 cm³/mol. The number of carbonyl (C=O) groups excluding carboxylic acids is 1. The maximum Gasteiger partial charge on any atom is 0.346 e. The van der Waals surface area contributed by atoms with Crippen LogP contribution in [0.25, 0.3) is 22.3 Å². The van der Waals surface area contributed by atoms with E-state index < -0.39 is 34.3 Å². The van der Waals surface area contributed by atoms with E-state index in [1.807, 2.05) is 6.92 Å². The van der Waals surface area contributed by atoms with E-state index in [9.17, 15) is 29.2 Å². The predicted octanol–water partition coefficient (Wildman–Crippen LogP) is 11.2. The van der Waals surface area contributed by atoms with Gasteiger partial charge in [0.15, 0.2) is 11.9 Å². The quantitative estimate of drug-likeness (QED) is 0.0435. The molecule has 1 aliphatic carbocycles. The first-order chi connectivity index (χ1) is 24.5. The highest BCUT2D eigenvalue weighted by atomic mass is 19.1. The smallest absolute Gasteiger partial charge is 0.346 e. The molecular weight excluding hydrogens is 647 g/mol. The second-order valence-electron chi connectivity index (χ2n) is 14.4. The van der Waals surface area contributed by atoms with Crippen molar-refractivity contribution in [2.45, 2.75) is 116 Å². The van der Waals surface area contributed by atoms with Gasteiger partial charge in [0.25, 0.3) is 5.69 Å². The normalized spacial score (nSPS) is 16.4. The number of benzene rings is 3. The number of aromatic carboxylic acids is 1. The largest absolute Gasteiger partial charge is 0.477 e. The topological polar surface area (TPSA) is 110 Å².